The standard InChI is InChI=1S/C21H22N2O3/c1-25-19-8-4-5-14-11-16(13-26-20(14)19)21(24)22-10-9-15-12-23-18-7-3-2-6-17(15)18/h2-8,12,16,23H,9-11,13H2,1H3,(H,22,24)/t16-/m0/s1. The molecule has 1 aliphatic heterocycles. The van der Waals surface area contributed by atoms with E-state index < -0.39 is 0 Å². The van der Waals surface area contributed by atoms with Crippen molar-refractivity contribution in [3.63, 3.8) is 0 Å². The van der Waals surface area contributed by atoms with Gasteiger partial charge >= 0.3 is 0 Å². The second kappa shape index (κ2) is 7.12. The van der Waals surface area contributed by atoms with Gasteiger partial charge in [0.1, 0.15) is 6.61 Å². The minimum atomic E-state index is -0.169. The maximum atomic E-state index is 12.5. The molecule has 1 aromatic heterocycles. The number of hydrogen-bond donors (Lipinski definition) is 2. The van der Waals surface area contributed by atoms with Crippen molar-refractivity contribution in [2.24, 2.45) is 5.92 Å². The van der Waals surface area contributed by atoms with Crippen LogP contribution in [0, 0.1) is 5.92 Å². The number of aromatic nitrogens is 1. The Kier molecular flexibility index (Phi) is 4.52. The van der Waals surface area contributed by atoms with Gasteiger partial charge in [-0.3, -0.25) is 4.79 Å². The monoisotopic (exact) mass is 350 g/mol. The second-order valence-corrected chi connectivity index (χ2v) is 6.56. The van der Waals surface area contributed by atoms with Crippen molar-refractivity contribution >= 4 is 16.8 Å². The minimum absolute atomic E-state index is 0.0401. The average Bonchev–Trinajstić information content (AvgIpc) is 3.10. The number of aromatic amines is 1. The predicted octanol–water partition coefficient (Wildman–Crippen LogP) is 3.09. The molecule has 1 amide bonds. The molecule has 26 heavy (non-hydrogen) atoms. The van der Waals surface area contributed by atoms with E-state index in [2.05, 4.69) is 22.4 Å². The van der Waals surface area contributed by atoms with Gasteiger partial charge in [-0.15, -0.1) is 0 Å². The number of amides is 1. The van der Waals surface area contributed by atoms with E-state index in [0.717, 1.165) is 29.0 Å². The first-order valence-electron chi connectivity index (χ1n) is 8.87. The summed E-state index contributed by atoms with van der Waals surface area (Å²) in [6, 6.07) is 14.0. The number of methoxy groups -OCH3 is 1. The number of para-hydroxylation sites is 2. The Morgan fingerprint density at radius 3 is 3.04 bits per heavy atom. The van der Waals surface area contributed by atoms with Gasteiger partial charge in [0.2, 0.25) is 5.91 Å². The van der Waals surface area contributed by atoms with Gasteiger partial charge in [-0.2, -0.15) is 0 Å². The van der Waals surface area contributed by atoms with E-state index in [-0.39, 0.29) is 11.8 Å². The van der Waals surface area contributed by atoms with E-state index in [1.54, 1.807) is 7.11 Å². The number of ether oxygens (including phenoxy) is 2. The number of hydrogen-bond acceptors (Lipinski definition) is 3. The van der Waals surface area contributed by atoms with Crippen LogP contribution in [0.4, 0.5) is 0 Å². The van der Waals surface area contributed by atoms with Crippen molar-refractivity contribution in [3.05, 3.63) is 59.8 Å². The van der Waals surface area contributed by atoms with E-state index in [1.807, 2.05) is 36.5 Å². The number of benzene rings is 2. The van der Waals surface area contributed by atoms with Crippen LogP contribution in [0.2, 0.25) is 0 Å². The van der Waals surface area contributed by atoms with E-state index in [4.69, 9.17) is 9.47 Å². The Labute approximate surface area is 152 Å². The molecule has 1 aliphatic rings. The normalized spacial score (nSPS) is 16.0. The zero-order chi connectivity index (χ0) is 17.9. The summed E-state index contributed by atoms with van der Waals surface area (Å²) in [5.41, 5.74) is 3.36. The molecule has 134 valence electrons. The molecule has 3 aromatic rings. The molecule has 2 N–H and O–H groups in total. The second-order valence-electron chi connectivity index (χ2n) is 6.56. The molecular weight excluding hydrogens is 328 g/mol. The lowest BCUT2D eigenvalue weighted by atomic mass is 9.95. The molecule has 0 saturated carbocycles. The van der Waals surface area contributed by atoms with Gasteiger partial charge in [0.15, 0.2) is 11.5 Å². The number of H-pyrrole nitrogens is 1. The fraction of sp³-hybridized carbons (Fsp3) is 0.286. The molecule has 5 heteroatoms. The molecule has 0 spiro atoms. The van der Waals surface area contributed by atoms with Crippen LogP contribution in [0.1, 0.15) is 11.1 Å². The smallest absolute Gasteiger partial charge is 0.226 e. The summed E-state index contributed by atoms with van der Waals surface area (Å²) in [6.45, 7) is 0.994. The van der Waals surface area contributed by atoms with Crippen molar-refractivity contribution in [3.8, 4) is 11.5 Å². The fourth-order valence-corrected chi connectivity index (χ4v) is 3.53. The first-order chi connectivity index (χ1) is 12.8. The van der Waals surface area contributed by atoms with Crippen molar-refractivity contribution in [1.29, 1.82) is 0 Å². The summed E-state index contributed by atoms with van der Waals surface area (Å²) in [5, 5.41) is 4.26. The number of rotatable bonds is 5. The highest BCUT2D eigenvalue weighted by molar-refractivity contribution is 5.83. The average molecular weight is 350 g/mol. The number of fused-ring (bicyclic) bond motifs is 2. The third kappa shape index (κ3) is 3.12. The van der Waals surface area contributed by atoms with Crippen LogP contribution in [0.3, 0.4) is 0 Å². The van der Waals surface area contributed by atoms with Crippen molar-refractivity contribution in [2.75, 3.05) is 20.3 Å². The lowest BCUT2D eigenvalue weighted by molar-refractivity contribution is -0.126. The highest BCUT2D eigenvalue weighted by Crippen LogP contribution is 2.36. The van der Waals surface area contributed by atoms with Crippen LogP contribution in [-0.4, -0.2) is 31.2 Å². The van der Waals surface area contributed by atoms with Gasteiger partial charge < -0.3 is 19.8 Å². The van der Waals surface area contributed by atoms with E-state index >= 15 is 0 Å². The third-order valence-corrected chi connectivity index (χ3v) is 4.91. The van der Waals surface area contributed by atoms with Crippen LogP contribution >= 0.6 is 0 Å². The molecule has 0 aliphatic carbocycles. The number of carbonyl (C=O) groups is 1. The largest absolute Gasteiger partial charge is 0.493 e. The molecule has 0 unspecified atom stereocenters. The van der Waals surface area contributed by atoms with Gasteiger partial charge in [0, 0.05) is 23.6 Å². The Balaban J connectivity index is 1.35. The third-order valence-electron chi connectivity index (χ3n) is 4.91. The predicted molar refractivity (Wildman–Crippen MR) is 101 cm³/mol. The summed E-state index contributed by atoms with van der Waals surface area (Å²) < 4.78 is 11.1. The fourth-order valence-electron chi connectivity index (χ4n) is 3.53. The van der Waals surface area contributed by atoms with E-state index in [9.17, 15) is 4.79 Å². The van der Waals surface area contributed by atoms with Crippen molar-refractivity contribution in [2.45, 2.75) is 12.8 Å². The summed E-state index contributed by atoms with van der Waals surface area (Å²) >= 11 is 0. The number of carbonyl (C=O) groups excluding carboxylic acids is 1. The Hall–Kier alpha value is -2.95. The van der Waals surface area contributed by atoms with E-state index in [1.165, 1.54) is 10.9 Å². The topological polar surface area (TPSA) is 63.4 Å². The Morgan fingerprint density at radius 2 is 2.15 bits per heavy atom. The molecule has 0 saturated heterocycles. The number of nitrogens with one attached hydrogen (secondary N) is 2. The zero-order valence-electron chi connectivity index (χ0n) is 14.7. The summed E-state index contributed by atoms with van der Waals surface area (Å²) in [4.78, 5) is 15.8. The van der Waals surface area contributed by atoms with E-state index in [0.29, 0.717) is 19.6 Å². The first kappa shape index (κ1) is 16.5. The molecule has 0 fully saturated rings. The Morgan fingerprint density at radius 1 is 1.27 bits per heavy atom. The SMILES string of the molecule is COc1cccc2c1OC[C@@H](C(=O)NCCc1c[nH]c3ccccc13)C2. The van der Waals surface area contributed by atoms with Crippen molar-refractivity contribution < 1.29 is 14.3 Å². The van der Waals surface area contributed by atoms with Crippen LogP contribution in [0.5, 0.6) is 11.5 Å². The maximum Gasteiger partial charge on any atom is 0.226 e. The Bertz CT molecular complexity index is 932. The molecule has 2 heterocycles. The molecule has 1 atom stereocenters. The summed E-state index contributed by atoms with van der Waals surface area (Å²) in [7, 11) is 1.63. The lowest BCUT2D eigenvalue weighted by Gasteiger charge is -2.25. The molecule has 0 radical (unpaired) electrons. The van der Waals surface area contributed by atoms with Crippen LogP contribution < -0.4 is 14.8 Å². The minimum Gasteiger partial charge on any atom is -0.493 e. The quantitative estimate of drug-likeness (QED) is 0.743. The van der Waals surface area contributed by atoms with Crippen molar-refractivity contribution in [1.82, 2.24) is 10.3 Å². The summed E-state index contributed by atoms with van der Waals surface area (Å²) in [5.74, 6) is 1.36. The van der Waals surface area contributed by atoms with Gasteiger partial charge in [0.25, 0.3) is 0 Å². The summed E-state index contributed by atoms with van der Waals surface area (Å²) in [6.07, 6.45) is 3.49. The molecule has 2 aromatic carbocycles. The highest BCUT2D eigenvalue weighted by Gasteiger charge is 2.27. The molecule has 0 bridgehead atoms. The van der Waals surface area contributed by atoms with Gasteiger partial charge in [-0.1, -0.05) is 30.3 Å². The zero-order valence-corrected chi connectivity index (χ0v) is 14.7. The first-order valence-corrected chi connectivity index (χ1v) is 8.87. The molecular formula is C21H22N2O3. The van der Waals surface area contributed by atoms with Gasteiger partial charge in [-0.05, 0) is 36.1 Å². The molecule has 5 nitrogen and oxygen atoms in total. The van der Waals surface area contributed by atoms with Gasteiger partial charge in [-0.25, -0.2) is 0 Å². The maximum absolute atomic E-state index is 12.5. The van der Waals surface area contributed by atoms with Crippen LogP contribution in [-0.2, 0) is 17.6 Å². The van der Waals surface area contributed by atoms with Crippen LogP contribution in [0.25, 0.3) is 10.9 Å². The van der Waals surface area contributed by atoms with Gasteiger partial charge in [0.05, 0.1) is 13.0 Å². The lowest BCUT2D eigenvalue weighted by Crippen LogP contribution is -2.38. The van der Waals surface area contributed by atoms with Crippen LogP contribution in [0.15, 0.2) is 48.7 Å². The highest BCUT2D eigenvalue weighted by atomic mass is 16.5. The molecule has 4 rings (SSSR count).